The lowest BCUT2D eigenvalue weighted by molar-refractivity contribution is 0.0645. The van der Waals surface area contributed by atoms with E-state index in [0.29, 0.717) is 22.3 Å². The van der Waals surface area contributed by atoms with Gasteiger partial charge >= 0.3 is 11.9 Å². The van der Waals surface area contributed by atoms with Crippen molar-refractivity contribution in [3.05, 3.63) is 142 Å². The average Bonchev–Trinajstić information content (AvgIpc) is 2.87. The molecule has 0 fully saturated rings. The topological polar surface area (TPSA) is 52.6 Å². The van der Waals surface area contributed by atoms with Crippen LogP contribution in [-0.4, -0.2) is 11.9 Å². The summed E-state index contributed by atoms with van der Waals surface area (Å²) in [6.45, 7) is 7.56. The van der Waals surface area contributed by atoms with Crippen LogP contribution in [0.1, 0.15) is 54.1 Å². The third-order valence-electron chi connectivity index (χ3n) is 6.11. The summed E-state index contributed by atoms with van der Waals surface area (Å²) in [5.74, 6) is -0.663. The second-order valence-electron chi connectivity index (χ2n) is 8.70. The first-order valence-corrected chi connectivity index (χ1v) is 11.8. The fourth-order valence-electron chi connectivity index (χ4n) is 4.00. The summed E-state index contributed by atoms with van der Waals surface area (Å²) in [7, 11) is 0. The van der Waals surface area contributed by atoms with Crippen molar-refractivity contribution in [3.8, 4) is 0 Å². The molecule has 4 aromatic carbocycles. The van der Waals surface area contributed by atoms with Crippen LogP contribution in [0.5, 0.6) is 0 Å². The number of ether oxygens (including phenoxy) is 2. The van der Waals surface area contributed by atoms with E-state index in [1.165, 1.54) is 0 Å². The molecule has 4 aromatic rings. The molecule has 0 amide bonds. The maximum atomic E-state index is 13.4. The Hall–Kier alpha value is -4.44. The molecule has 4 nitrogen and oxygen atoms in total. The molecule has 4 heteroatoms. The first kappa shape index (κ1) is 24.7. The number of hydrogen-bond donors (Lipinski definition) is 0. The molecule has 0 aliphatic heterocycles. The Kier molecular flexibility index (Phi) is 7.45. The molecule has 180 valence electrons. The van der Waals surface area contributed by atoms with Gasteiger partial charge in [-0.3, -0.25) is 0 Å². The molecule has 0 unspecified atom stereocenters. The standard InChI is InChI=1S/C32H28O4/c1-21-13-5-9-17-25(21)29(35-31(33)27-19-11-7-15-23(27)3)30(26-18-10-6-14-22(26)2)36-32(34)28-20-12-8-16-24(28)4/h5-20H,1-4H3/b30-29-. The molecule has 0 aliphatic rings. The van der Waals surface area contributed by atoms with E-state index < -0.39 is 11.9 Å². The zero-order chi connectivity index (χ0) is 25.7. The zero-order valence-corrected chi connectivity index (χ0v) is 20.9. The number of hydrogen-bond acceptors (Lipinski definition) is 4. The van der Waals surface area contributed by atoms with Gasteiger partial charge in [-0.05, 0) is 62.1 Å². The lowest BCUT2D eigenvalue weighted by Gasteiger charge is -2.19. The Morgan fingerprint density at radius 1 is 0.417 bits per heavy atom. The summed E-state index contributed by atoms with van der Waals surface area (Å²) in [4.78, 5) is 26.8. The van der Waals surface area contributed by atoms with Gasteiger partial charge in [0.1, 0.15) is 0 Å². The SMILES string of the molecule is Cc1ccccc1C(=O)O/C(=C(\OC(=O)c1ccccc1C)c1ccccc1C)c1ccccc1C. The summed E-state index contributed by atoms with van der Waals surface area (Å²) in [6.07, 6.45) is 0. The lowest BCUT2D eigenvalue weighted by atomic mass is 10.0. The normalized spacial score (nSPS) is 11.4. The second kappa shape index (κ2) is 10.9. The van der Waals surface area contributed by atoms with Crippen LogP contribution in [-0.2, 0) is 9.47 Å². The van der Waals surface area contributed by atoms with Gasteiger partial charge in [0.25, 0.3) is 0 Å². The van der Waals surface area contributed by atoms with E-state index in [2.05, 4.69) is 0 Å². The Labute approximate surface area is 211 Å². The van der Waals surface area contributed by atoms with Crippen LogP contribution >= 0.6 is 0 Å². The van der Waals surface area contributed by atoms with Crippen LogP contribution in [0.4, 0.5) is 0 Å². The van der Waals surface area contributed by atoms with Gasteiger partial charge in [-0.2, -0.15) is 0 Å². The van der Waals surface area contributed by atoms with Crippen molar-refractivity contribution < 1.29 is 19.1 Å². The molecular formula is C32H28O4. The monoisotopic (exact) mass is 476 g/mol. The Bertz CT molecular complexity index is 1350. The summed E-state index contributed by atoms with van der Waals surface area (Å²) >= 11 is 0. The van der Waals surface area contributed by atoms with Crippen LogP contribution in [0.3, 0.4) is 0 Å². The predicted octanol–water partition coefficient (Wildman–Crippen LogP) is 7.46. The quantitative estimate of drug-likeness (QED) is 0.165. The Balaban J connectivity index is 1.94. The van der Waals surface area contributed by atoms with E-state index in [9.17, 15) is 9.59 Å². The van der Waals surface area contributed by atoms with E-state index in [0.717, 1.165) is 22.3 Å². The highest BCUT2D eigenvalue weighted by Gasteiger charge is 2.25. The summed E-state index contributed by atoms with van der Waals surface area (Å²) in [5, 5.41) is 0. The third kappa shape index (κ3) is 5.28. The molecule has 0 bridgehead atoms. The minimum Gasteiger partial charge on any atom is -0.418 e. The smallest absolute Gasteiger partial charge is 0.343 e. The fraction of sp³-hybridized carbons (Fsp3) is 0.125. The largest absolute Gasteiger partial charge is 0.418 e. The molecule has 36 heavy (non-hydrogen) atoms. The Morgan fingerprint density at radius 3 is 0.944 bits per heavy atom. The summed E-state index contributed by atoms with van der Waals surface area (Å²) < 4.78 is 12.2. The van der Waals surface area contributed by atoms with Crippen LogP contribution in [0, 0.1) is 27.7 Å². The van der Waals surface area contributed by atoms with Crippen molar-refractivity contribution in [2.24, 2.45) is 0 Å². The number of carbonyl (C=O) groups excluding carboxylic acids is 2. The van der Waals surface area contributed by atoms with Gasteiger partial charge in [-0.1, -0.05) is 84.9 Å². The van der Waals surface area contributed by atoms with Crippen molar-refractivity contribution in [2.75, 3.05) is 0 Å². The highest BCUT2D eigenvalue weighted by Crippen LogP contribution is 2.34. The summed E-state index contributed by atoms with van der Waals surface area (Å²) in [6, 6.07) is 29.6. The van der Waals surface area contributed by atoms with Crippen LogP contribution in [0.2, 0.25) is 0 Å². The number of carbonyl (C=O) groups is 2. The molecule has 0 heterocycles. The van der Waals surface area contributed by atoms with Gasteiger partial charge in [0.05, 0.1) is 11.1 Å². The molecule has 0 N–H and O–H groups in total. The van der Waals surface area contributed by atoms with Crippen molar-refractivity contribution in [3.63, 3.8) is 0 Å². The van der Waals surface area contributed by atoms with Crippen molar-refractivity contribution >= 4 is 23.5 Å². The number of benzene rings is 4. The van der Waals surface area contributed by atoms with Crippen LogP contribution < -0.4 is 0 Å². The lowest BCUT2D eigenvalue weighted by Crippen LogP contribution is -2.13. The molecule has 0 aliphatic carbocycles. The molecular weight excluding hydrogens is 448 g/mol. The van der Waals surface area contributed by atoms with Gasteiger partial charge in [0.2, 0.25) is 0 Å². The van der Waals surface area contributed by atoms with E-state index in [1.54, 1.807) is 24.3 Å². The van der Waals surface area contributed by atoms with Gasteiger partial charge < -0.3 is 9.47 Å². The average molecular weight is 477 g/mol. The highest BCUT2D eigenvalue weighted by atomic mass is 16.6. The van der Waals surface area contributed by atoms with Crippen LogP contribution in [0.15, 0.2) is 97.1 Å². The van der Waals surface area contributed by atoms with Gasteiger partial charge in [0.15, 0.2) is 11.5 Å². The van der Waals surface area contributed by atoms with Gasteiger partial charge in [-0.15, -0.1) is 0 Å². The molecule has 0 atom stereocenters. The second-order valence-corrected chi connectivity index (χ2v) is 8.70. The Morgan fingerprint density at radius 2 is 0.667 bits per heavy atom. The number of esters is 2. The minimum absolute atomic E-state index is 0.192. The van der Waals surface area contributed by atoms with Crippen molar-refractivity contribution in [1.29, 1.82) is 0 Å². The fourth-order valence-corrected chi connectivity index (χ4v) is 4.00. The van der Waals surface area contributed by atoms with Gasteiger partial charge in [0, 0.05) is 11.1 Å². The highest BCUT2D eigenvalue weighted by molar-refractivity contribution is 6.02. The predicted molar refractivity (Wildman–Crippen MR) is 142 cm³/mol. The summed E-state index contributed by atoms with van der Waals surface area (Å²) in [5.41, 5.74) is 5.55. The van der Waals surface area contributed by atoms with E-state index in [4.69, 9.17) is 9.47 Å². The maximum Gasteiger partial charge on any atom is 0.343 e. The first-order chi connectivity index (χ1) is 17.4. The van der Waals surface area contributed by atoms with E-state index in [1.807, 2.05) is 100 Å². The van der Waals surface area contributed by atoms with E-state index in [-0.39, 0.29) is 11.5 Å². The molecule has 0 aromatic heterocycles. The molecule has 0 saturated heterocycles. The first-order valence-electron chi connectivity index (χ1n) is 11.8. The maximum absolute atomic E-state index is 13.4. The van der Waals surface area contributed by atoms with Crippen molar-refractivity contribution in [2.45, 2.75) is 27.7 Å². The minimum atomic E-state index is -0.524. The molecule has 4 rings (SSSR count). The molecule has 0 spiro atoms. The van der Waals surface area contributed by atoms with Crippen molar-refractivity contribution in [1.82, 2.24) is 0 Å². The number of aryl methyl sites for hydroxylation is 4. The molecule has 0 radical (unpaired) electrons. The van der Waals surface area contributed by atoms with E-state index >= 15 is 0 Å². The molecule has 0 saturated carbocycles. The van der Waals surface area contributed by atoms with Gasteiger partial charge in [-0.25, -0.2) is 9.59 Å². The number of rotatable bonds is 6. The third-order valence-corrected chi connectivity index (χ3v) is 6.11. The van der Waals surface area contributed by atoms with Crippen LogP contribution in [0.25, 0.3) is 11.5 Å². The zero-order valence-electron chi connectivity index (χ0n) is 20.9.